The molecule has 0 radical (unpaired) electrons. The lowest BCUT2D eigenvalue weighted by atomic mass is 10.0. The number of hydrogen-bond acceptors (Lipinski definition) is 6. The number of ether oxygens (including phenoxy) is 3. The molecule has 0 amide bonds. The van der Waals surface area contributed by atoms with E-state index in [1.54, 1.807) is 0 Å². The maximum absolute atomic E-state index is 13.0. The van der Waals surface area contributed by atoms with Crippen molar-refractivity contribution in [2.24, 2.45) is 0 Å². The van der Waals surface area contributed by atoms with Crippen LogP contribution >= 0.6 is 0 Å². The van der Waals surface area contributed by atoms with Crippen molar-refractivity contribution in [3.8, 4) is 0 Å². The second-order valence-electron chi connectivity index (χ2n) is 23.4. The average Bonchev–Trinajstić information content (AvgIpc) is 3.47. The van der Waals surface area contributed by atoms with Gasteiger partial charge in [-0.25, -0.2) is 0 Å². The maximum atomic E-state index is 13.0. The minimum atomic E-state index is -0.789. The van der Waals surface area contributed by atoms with E-state index in [0.717, 1.165) is 109 Å². The van der Waals surface area contributed by atoms with E-state index in [1.807, 2.05) is 0 Å². The Balaban J connectivity index is 4.37. The molecule has 6 heteroatoms. The molecule has 0 aliphatic heterocycles. The molecule has 1 unspecified atom stereocenters. The summed E-state index contributed by atoms with van der Waals surface area (Å²) in [7, 11) is 0. The fourth-order valence-corrected chi connectivity index (χ4v) is 10.0. The zero-order chi connectivity index (χ0) is 59.2. The topological polar surface area (TPSA) is 78.9 Å². The van der Waals surface area contributed by atoms with Gasteiger partial charge < -0.3 is 14.2 Å². The molecule has 0 aromatic rings. The van der Waals surface area contributed by atoms with Gasteiger partial charge in [-0.1, -0.05) is 304 Å². The van der Waals surface area contributed by atoms with Gasteiger partial charge in [-0.3, -0.25) is 14.4 Å². The summed E-state index contributed by atoms with van der Waals surface area (Å²) in [6.45, 7) is 6.53. The summed E-state index contributed by atoms with van der Waals surface area (Å²) in [5.41, 5.74) is 0. The Hall–Kier alpha value is -3.67. The molecule has 0 fully saturated rings. The normalized spacial score (nSPS) is 12.7. The monoisotopic (exact) mass is 1140 g/mol. The summed E-state index contributed by atoms with van der Waals surface area (Å²) < 4.78 is 17.0. The zero-order valence-electron chi connectivity index (χ0n) is 54.2. The fraction of sp³-hybridized carbons (Fsp3) is 0.750. The molecule has 82 heavy (non-hydrogen) atoms. The van der Waals surface area contributed by atoms with E-state index < -0.39 is 6.10 Å². The van der Waals surface area contributed by atoms with Crippen molar-refractivity contribution in [1.82, 2.24) is 0 Å². The molecule has 6 nitrogen and oxygen atoms in total. The summed E-state index contributed by atoms with van der Waals surface area (Å²) in [5.74, 6) is -0.883. The molecule has 0 heterocycles. The van der Waals surface area contributed by atoms with Crippen LogP contribution < -0.4 is 0 Å². The third-order valence-electron chi connectivity index (χ3n) is 15.3. The van der Waals surface area contributed by atoms with Crippen LogP contribution in [0.3, 0.4) is 0 Å². The maximum Gasteiger partial charge on any atom is 0.306 e. The van der Waals surface area contributed by atoms with Gasteiger partial charge in [0.1, 0.15) is 13.2 Å². The van der Waals surface area contributed by atoms with Crippen molar-refractivity contribution in [3.63, 3.8) is 0 Å². The molecule has 0 aliphatic carbocycles. The highest BCUT2D eigenvalue weighted by Gasteiger charge is 2.19. The molecule has 0 aromatic carbocycles. The van der Waals surface area contributed by atoms with Gasteiger partial charge in [0.25, 0.3) is 0 Å². The van der Waals surface area contributed by atoms with Crippen molar-refractivity contribution >= 4 is 17.9 Å². The number of esters is 3. The van der Waals surface area contributed by atoms with Gasteiger partial charge in [-0.15, -0.1) is 0 Å². The summed E-state index contributed by atoms with van der Waals surface area (Å²) >= 11 is 0. The van der Waals surface area contributed by atoms with Gasteiger partial charge in [0.05, 0.1) is 0 Å². The number of unbranched alkanes of at least 4 members (excludes halogenated alkanes) is 37. The Morgan fingerprint density at radius 2 is 0.476 bits per heavy atom. The lowest BCUT2D eigenvalue weighted by Gasteiger charge is -2.18. The summed E-state index contributed by atoms with van der Waals surface area (Å²) in [4.78, 5) is 38.5. The summed E-state index contributed by atoms with van der Waals surface area (Å²) in [5, 5.41) is 0. The molecule has 0 N–H and O–H groups in total. The van der Waals surface area contributed by atoms with Crippen LogP contribution in [0.5, 0.6) is 0 Å². The fourth-order valence-electron chi connectivity index (χ4n) is 10.0. The van der Waals surface area contributed by atoms with E-state index >= 15 is 0 Å². The number of hydrogen-bond donors (Lipinski definition) is 0. The minimum absolute atomic E-state index is 0.0824. The van der Waals surface area contributed by atoms with E-state index in [-0.39, 0.29) is 31.1 Å². The SMILES string of the molecule is CC/C=C\C/C=C\C/C=C\C/C=C\CCCCCCCCCCC(=O)OC(COC(=O)CCCCCCCCC/C=C\C/C=C\CCCCCC)COC(=O)CCCCCCCCCCCCCCC/C=C\C/C=C\CCCCCCC. The molecular weight excluding hydrogens is 1010 g/mol. The molecule has 0 aromatic heterocycles. The lowest BCUT2D eigenvalue weighted by molar-refractivity contribution is -0.167. The second kappa shape index (κ2) is 69.8. The zero-order valence-corrected chi connectivity index (χ0v) is 54.2. The largest absolute Gasteiger partial charge is 0.462 e. The van der Waals surface area contributed by atoms with Gasteiger partial charge in [0.2, 0.25) is 0 Å². The highest BCUT2D eigenvalue weighted by atomic mass is 16.6. The first kappa shape index (κ1) is 78.3. The Bertz CT molecular complexity index is 1590. The molecule has 0 saturated heterocycles. The van der Waals surface area contributed by atoms with Crippen molar-refractivity contribution in [3.05, 3.63) is 97.2 Å². The van der Waals surface area contributed by atoms with E-state index in [2.05, 4.69) is 118 Å². The third kappa shape index (κ3) is 67.1. The summed E-state index contributed by atoms with van der Waals surface area (Å²) in [6.07, 6.45) is 94.2. The van der Waals surface area contributed by atoms with Crippen LogP contribution in [0.4, 0.5) is 0 Å². The van der Waals surface area contributed by atoms with Crippen molar-refractivity contribution in [1.29, 1.82) is 0 Å². The Morgan fingerprint density at radius 1 is 0.256 bits per heavy atom. The van der Waals surface area contributed by atoms with E-state index in [0.29, 0.717) is 19.3 Å². The smallest absolute Gasteiger partial charge is 0.306 e. The van der Waals surface area contributed by atoms with Crippen LogP contribution in [0.25, 0.3) is 0 Å². The molecule has 0 aliphatic rings. The van der Waals surface area contributed by atoms with Crippen molar-refractivity contribution < 1.29 is 28.6 Å². The van der Waals surface area contributed by atoms with E-state index in [9.17, 15) is 14.4 Å². The Kier molecular flexibility index (Phi) is 66.7. The molecule has 1 atom stereocenters. The number of allylic oxidation sites excluding steroid dienone is 16. The van der Waals surface area contributed by atoms with Crippen molar-refractivity contribution in [2.45, 2.75) is 354 Å². The highest BCUT2D eigenvalue weighted by molar-refractivity contribution is 5.71. The first-order valence-corrected chi connectivity index (χ1v) is 35.2. The molecule has 0 bridgehead atoms. The van der Waals surface area contributed by atoms with Crippen LogP contribution in [0.15, 0.2) is 97.2 Å². The summed E-state index contributed by atoms with van der Waals surface area (Å²) in [6, 6.07) is 0. The second-order valence-corrected chi connectivity index (χ2v) is 23.4. The molecule has 472 valence electrons. The predicted octanol–water partition coefficient (Wildman–Crippen LogP) is 24.4. The van der Waals surface area contributed by atoms with Crippen LogP contribution in [0.1, 0.15) is 348 Å². The van der Waals surface area contributed by atoms with Crippen LogP contribution in [-0.2, 0) is 28.6 Å². The Labute approximate surface area is 508 Å². The number of carbonyl (C=O) groups is 3. The third-order valence-corrected chi connectivity index (χ3v) is 15.3. The molecule has 0 rings (SSSR count). The first-order chi connectivity index (χ1) is 40.5. The highest BCUT2D eigenvalue weighted by Crippen LogP contribution is 2.17. The lowest BCUT2D eigenvalue weighted by Crippen LogP contribution is -2.30. The van der Waals surface area contributed by atoms with E-state index in [4.69, 9.17) is 14.2 Å². The minimum Gasteiger partial charge on any atom is -0.462 e. The van der Waals surface area contributed by atoms with Gasteiger partial charge in [-0.2, -0.15) is 0 Å². The van der Waals surface area contributed by atoms with Gasteiger partial charge in [-0.05, 0) is 122 Å². The first-order valence-electron chi connectivity index (χ1n) is 35.2. The standard InChI is InChI=1S/C76H132O6/c1-4-7-10-13-16-19-22-25-28-31-34-36-37-38-39-41-42-45-48-51-54-57-60-63-66-69-75(78)81-72-73(71-80-74(77)68-65-62-59-56-53-50-47-44-33-30-27-24-21-18-15-12-9-6-3)82-76(79)70-67-64-61-58-55-52-49-46-43-40-35-32-29-26-23-20-17-14-11-8-5-2/h8,11,17,20-22,24-26,29-31,33-35,40,73H,4-7,9-10,12-16,18-19,23,27-28,32,36-39,41-72H2,1-3H3/b11-8-,20-17-,24-21-,25-22-,29-26-,33-30-,34-31-,40-35-. The molecule has 0 spiro atoms. The number of rotatable bonds is 64. The van der Waals surface area contributed by atoms with Crippen LogP contribution in [0.2, 0.25) is 0 Å². The average molecular weight is 1140 g/mol. The van der Waals surface area contributed by atoms with Gasteiger partial charge >= 0.3 is 17.9 Å². The molecule has 0 saturated carbocycles. The van der Waals surface area contributed by atoms with Crippen LogP contribution in [0, 0.1) is 0 Å². The van der Waals surface area contributed by atoms with Gasteiger partial charge in [0.15, 0.2) is 6.10 Å². The number of carbonyl (C=O) groups excluding carboxylic acids is 3. The van der Waals surface area contributed by atoms with Crippen LogP contribution in [-0.4, -0.2) is 37.2 Å². The van der Waals surface area contributed by atoms with E-state index in [1.165, 1.54) is 199 Å². The van der Waals surface area contributed by atoms with Gasteiger partial charge in [0, 0.05) is 19.3 Å². The quantitative estimate of drug-likeness (QED) is 0.0261. The Morgan fingerprint density at radius 3 is 0.756 bits per heavy atom. The predicted molar refractivity (Wildman–Crippen MR) is 357 cm³/mol. The van der Waals surface area contributed by atoms with Crippen molar-refractivity contribution in [2.75, 3.05) is 13.2 Å². The molecular formula is C76H132O6.